The summed E-state index contributed by atoms with van der Waals surface area (Å²) >= 11 is 0. The van der Waals surface area contributed by atoms with E-state index < -0.39 is 0 Å². The third-order valence-corrected chi connectivity index (χ3v) is 4.68. The SMILES string of the molecule is COc1ccc2c(c1)c1ncnc(N3C[C@@H](C)O[C@H](C)C3)c1n2C. The second-order valence-corrected chi connectivity index (χ2v) is 6.50. The van der Waals surface area contributed by atoms with E-state index >= 15 is 0 Å². The fraction of sp³-hybridized carbons (Fsp3) is 0.444. The summed E-state index contributed by atoms with van der Waals surface area (Å²) in [4.78, 5) is 11.5. The van der Waals surface area contributed by atoms with Crippen LogP contribution < -0.4 is 9.64 Å². The molecule has 2 atom stereocenters. The molecule has 24 heavy (non-hydrogen) atoms. The van der Waals surface area contributed by atoms with Crippen LogP contribution in [0.25, 0.3) is 21.9 Å². The van der Waals surface area contributed by atoms with Crippen LogP contribution >= 0.6 is 0 Å². The Labute approximate surface area is 141 Å². The van der Waals surface area contributed by atoms with Crippen molar-refractivity contribution in [2.45, 2.75) is 26.1 Å². The van der Waals surface area contributed by atoms with Crippen LogP contribution in [0.2, 0.25) is 0 Å². The van der Waals surface area contributed by atoms with Crippen molar-refractivity contribution in [2.75, 3.05) is 25.1 Å². The lowest BCUT2D eigenvalue weighted by Crippen LogP contribution is -2.46. The first-order chi connectivity index (χ1) is 11.6. The van der Waals surface area contributed by atoms with Crippen LogP contribution in [0.5, 0.6) is 5.75 Å². The number of ether oxygens (including phenoxy) is 2. The van der Waals surface area contributed by atoms with Gasteiger partial charge in [0.05, 0.1) is 24.8 Å². The number of methoxy groups -OCH3 is 1. The number of hydrogen-bond acceptors (Lipinski definition) is 5. The van der Waals surface area contributed by atoms with Gasteiger partial charge in [0, 0.05) is 25.5 Å². The molecule has 1 aliphatic heterocycles. The van der Waals surface area contributed by atoms with E-state index in [1.54, 1.807) is 13.4 Å². The van der Waals surface area contributed by atoms with Crippen molar-refractivity contribution in [1.29, 1.82) is 0 Å². The van der Waals surface area contributed by atoms with Gasteiger partial charge in [0.2, 0.25) is 0 Å². The number of aryl methyl sites for hydroxylation is 1. The molecule has 0 unspecified atom stereocenters. The number of anilines is 1. The summed E-state index contributed by atoms with van der Waals surface area (Å²) in [7, 11) is 3.75. The van der Waals surface area contributed by atoms with Gasteiger partial charge in [-0.2, -0.15) is 0 Å². The zero-order chi connectivity index (χ0) is 16.8. The summed E-state index contributed by atoms with van der Waals surface area (Å²) in [6.45, 7) is 5.88. The summed E-state index contributed by atoms with van der Waals surface area (Å²) in [6, 6.07) is 6.09. The highest BCUT2D eigenvalue weighted by atomic mass is 16.5. The topological polar surface area (TPSA) is 52.4 Å². The molecule has 1 aromatic carbocycles. The van der Waals surface area contributed by atoms with Crippen molar-refractivity contribution in [3.8, 4) is 5.75 Å². The molecule has 6 nitrogen and oxygen atoms in total. The predicted octanol–water partition coefficient (Wildman–Crippen LogP) is 2.74. The van der Waals surface area contributed by atoms with Crippen LogP contribution in [-0.4, -0.2) is 46.9 Å². The molecule has 0 saturated carbocycles. The monoisotopic (exact) mass is 326 g/mol. The molecule has 3 aromatic rings. The largest absolute Gasteiger partial charge is 0.497 e. The van der Waals surface area contributed by atoms with Gasteiger partial charge < -0.3 is 18.9 Å². The second kappa shape index (κ2) is 5.63. The summed E-state index contributed by atoms with van der Waals surface area (Å²) in [6.07, 6.45) is 2.03. The molecule has 6 heteroatoms. The van der Waals surface area contributed by atoms with E-state index in [2.05, 4.69) is 46.4 Å². The van der Waals surface area contributed by atoms with Crippen LogP contribution in [0, 0.1) is 0 Å². The summed E-state index contributed by atoms with van der Waals surface area (Å²) in [5.41, 5.74) is 3.15. The van der Waals surface area contributed by atoms with Crippen LogP contribution in [0.3, 0.4) is 0 Å². The minimum Gasteiger partial charge on any atom is -0.497 e. The third kappa shape index (κ3) is 2.29. The lowest BCUT2D eigenvalue weighted by Gasteiger charge is -2.36. The van der Waals surface area contributed by atoms with Crippen molar-refractivity contribution >= 4 is 27.8 Å². The first kappa shape index (κ1) is 15.2. The van der Waals surface area contributed by atoms with Crippen molar-refractivity contribution in [2.24, 2.45) is 7.05 Å². The number of hydrogen-bond donors (Lipinski definition) is 0. The zero-order valence-electron chi connectivity index (χ0n) is 14.5. The van der Waals surface area contributed by atoms with Gasteiger partial charge in [0.25, 0.3) is 0 Å². The average molecular weight is 326 g/mol. The minimum atomic E-state index is 0.188. The van der Waals surface area contributed by atoms with Crippen LogP contribution in [-0.2, 0) is 11.8 Å². The second-order valence-electron chi connectivity index (χ2n) is 6.50. The molecule has 2 aromatic heterocycles. The molecular formula is C18H22N4O2. The highest BCUT2D eigenvalue weighted by molar-refractivity contribution is 6.09. The summed E-state index contributed by atoms with van der Waals surface area (Å²) < 4.78 is 13.4. The van der Waals surface area contributed by atoms with Gasteiger partial charge in [-0.25, -0.2) is 9.97 Å². The van der Waals surface area contributed by atoms with E-state index in [-0.39, 0.29) is 12.2 Å². The Bertz CT molecular complexity index is 895. The van der Waals surface area contributed by atoms with Crippen LogP contribution in [0.1, 0.15) is 13.8 Å². The standard InChI is InChI=1S/C18H22N4O2/c1-11-8-22(9-12(2)24-11)18-17-16(19-10-20-18)14-7-13(23-4)5-6-15(14)21(17)3/h5-7,10-12H,8-9H2,1-4H3/t11-,12-/m1/s1. The van der Waals surface area contributed by atoms with Crippen molar-refractivity contribution < 1.29 is 9.47 Å². The smallest absolute Gasteiger partial charge is 0.156 e. The molecule has 3 heterocycles. The Morgan fingerprint density at radius 1 is 1.17 bits per heavy atom. The minimum absolute atomic E-state index is 0.188. The third-order valence-electron chi connectivity index (χ3n) is 4.68. The maximum Gasteiger partial charge on any atom is 0.156 e. The van der Waals surface area contributed by atoms with E-state index in [0.717, 1.165) is 46.6 Å². The average Bonchev–Trinajstić information content (AvgIpc) is 2.86. The molecule has 0 spiro atoms. The molecular weight excluding hydrogens is 304 g/mol. The zero-order valence-corrected chi connectivity index (χ0v) is 14.5. The van der Waals surface area contributed by atoms with Gasteiger partial charge in [0.15, 0.2) is 5.82 Å². The van der Waals surface area contributed by atoms with Crippen LogP contribution in [0.4, 0.5) is 5.82 Å². The highest BCUT2D eigenvalue weighted by Gasteiger charge is 2.26. The summed E-state index contributed by atoms with van der Waals surface area (Å²) in [5, 5.41) is 1.09. The fourth-order valence-corrected chi connectivity index (χ4v) is 3.70. The molecule has 0 bridgehead atoms. The van der Waals surface area contributed by atoms with Gasteiger partial charge in [0.1, 0.15) is 23.1 Å². The molecule has 126 valence electrons. The Morgan fingerprint density at radius 3 is 2.62 bits per heavy atom. The Morgan fingerprint density at radius 2 is 1.92 bits per heavy atom. The van der Waals surface area contributed by atoms with Gasteiger partial charge in [-0.3, -0.25) is 0 Å². The maximum absolute atomic E-state index is 5.86. The molecule has 1 aliphatic rings. The number of fused-ring (bicyclic) bond motifs is 3. The normalized spacial score (nSPS) is 21.6. The quantitative estimate of drug-likeness (QED) is 0.725. The first-order valence-electron chi connectivity index (χ1n) is 8.26. The summed E-state index contributed by atoms with van der Waals surface area (Å²) in [5.74, 6) is 1.81. The van der Waals surface area contributed by atoms with Crippen molar-refractivity contribution in [3.05, 3.63) is 24.5 Å². The first-order valence-corrected chi connectivity index (χ1v) is 8.26. The fourth-order valence-electron chi connectivity index (χ4n) is 3.70. The molecule has 0 amide bonds. The number of nitrogens with zero attached hydrogens (tertiary/aromatic N) is 4. The predicted molar refractivity (Wildman–Crippen MR) is 94.8 cm³/mol. The number of morpholine rings is 1. The van der Waals surface area contributed by atoms with Gasteiger partial charge in [-0.15, -0.1) is 0 Å². The Kier molecular flexibility index (Phi) is 3.57. The number of aromatic nitrogens is 3. The van der Waals surface area contributed by atoms with Crippen molar-refractivity contribution in [1.82, 2.24) is 14.5 Å². The van der Waals surface area contributed by atoms with Crippen molar-refractivity contribution in [3.63, 3.8) is 0 Å². The molecule has 0 N–H and O–H groups in total. The van der Waals surface area contributed by atoms with E-state index in [0.29, 0.717) is 0 Å². The number of rotatable bonds is 2. The lowest BCUT2D eigenvalue weighted by molar-refractivity contribution is -0.00538. The van der Waals surface area contributed by atoms with Gasteiger partial charge in [-0.1, -0.05) is 0 Å². The molecule has 0 aliphatic carbocycles. The Hall–Kier alpha value is -2.34. The van der Waals surface area contributed by atoms with E-state index in [4.69, 9.17) is 9.47 Å². The Balaban J connectivity index is 1.94. The molecule has 0 radical (unpaired) electrons. The van der Waals surface area contributed by atoms with E-state index in [1.165, 1.54) is 0 Å². The highest BCUT2D eigenvalue weighted by Crippen LogP contribution is 2.34. The van der Waals surface area contributed by atoms with E-state index in [9.17, 15) is 0 Å². The molecule has 4 rings (SSSR count). The lowest BCUT2D eigenvalue weighted by atomic mass is 10.2. The molecule has 1 fully saturated rings. The maximum atomic E-state index is 5.86. The van der Waals surface area contributed by atoms with Gasteiger partial charge in [-0.05, 0) is 32.0 Å². The van der Waals surface area contributed by atoms with Gasteiger partial charge >= 0.3 is 0 Å². The molecule has 1 saturated heterocycles. The number of benzene rings is 1. The van der Waals surface area contributed by atoms with E-state index in [1.807, 2.05) is 12.1 Å². The van der Waals surface area contributed by atoms with Crippen LogP contribution in [0.15, 0.2) is 24.5 Å².